The second kappa shape index (κ2) is 3.28. The predicted octanol–water partition coefficient (Wildman–Crippen LogP) is 2.39. The molecule has 76 valence electrons. The molecule has 1 aliphatic rings. The van der Waals surface area contributed by atoms with Crippen LogP contribution in [0.15, 0.2) is 6.07 Å². The number of rotatable bonds is 0. The fourth-order valence-electron chi connectivity index (χ4n) is 1.97. The molecular formula is C12H17NO. The molecule has 1 aromatic rings. The molecule has 0 fully saturated rings. The van der Waals surface area contributed by atoms with Crippen LogP contribution < -0.4 is 4.74 Å². The van der Waals surface area contributed by atoms with Gasteiger partial charge in [0.15, 0.2) is 0 Å². The Morgan fingerprint density at radius 3 is 2.64 bits per heavy atom. The van der Waals surface area contributed by atoms with Gasteiger partial charge in [-0.2, -0.15) is 0 Å². The van der Waals surface area contributed by atoms with Gasteiger partial charge >= 0.3 is 0 Å². The highest BCUT2D eigenvalue weighted by atomic mass is 16.5. The van der Waals surface area contributed by atoms with Crippen molar-refractivity contribution in [3.05, 3.63) is 28.3 Å². The molecule has 2 nitrogen and oxygen atoms in total. The zero-order chi connectivity index (χ0) is 10.3. The minimum atomic E-state index is 0.705. The fourth-order valence-corrected chi connectivity index (χ4v) is 1.97. The first kappa shape index (κ1) is 9.53. The van der Waals surface area contributed by atoms with E-state index in [-0.39, 0.29) is 0 Å². The third-order valence-electron chi connectivity index (χ3n) is 3.05. The molecule has 0 amide bonds. The number of fused-ring (bicyclic) bond motifs is 1. The molecule has 0 N–H and O–H groups in total. The van der Waals surface area contributed by atoms with Crippen molar-refractivity contribution in [2.75, 3.05) is 13.8 Å². The Morgan fingerprint density at radius 2 is 1.93 bits per heavy atom. The maximum absolute atomic E-state index is 5.73. The van der Waals surface area contributed by atoms with E-state index >= 15 is 0 Å². The molecule has 0 atom stereocenters. The molecule has 0 spiro atoms. The molecule has 2 rings (SSSR count). The van der Waals surface area contributed by atoms with Gasteiger partial charge < -0.3 is 4.74 Å². The third kappa shape index (κ3) is 1.40. The van der Waals surface area contributed by atoms with Crippen LogP contribution in [-0.4, -0.2) is 18.7 Å². The van der Waals surface area contributed by atoms with Gasteiger partial charge in [-0.15, -0.1) is 0 Å². The average Bonchev–Trinajstić information content (AvgIpc) is 2.14. The lowest BCUT2D eigenvalue weighted by molar-refractivity contribution is 0.120. The van der Waals surface area contributed by atoms with Gasteiger partial charge in [-0.1, -0.05) is 6.07 Å². The molecular weight excluding hydrogens is 174 g/mol. The summed E-state index contributed by atoms with van der Waals surface area (Å²) in [5.74, 6) is 1.10. The van der Waals surface area contributed by atoms with Crippen LogP contribution in [0.5, 0.6) is 5.75 Å². The summed E-state index contributed by atoms with van der Waals surface area (Å²) < 4.78 is 5.73. The quantitative estimate of drug-likeness (QED) is 0.624. The second-order valence-electron chi connectivity index (χ2n) is 4.22. The summed E-state index contributed by atoms with van der Waals surface area (Å²) >= 11 is 0. The zero-order valence-electron chi connectivity index (χ0n) is 9.35. The predicted molar refractivity (Wildman–Crippen MR) is 57.6 cm³/mol. The Kier molecular flexibility index (Phi) is 2.23. The van der Waals surface area contributed by atoms with Crippen molar-refractivity contribution < 1.29 is 4.74 Å². The van der Waals surface area contributed by atoms with Crippen LogP contribution in [0.25, 0.3) is 0 Å². The number of aryl methyl sites for hydroxylation is 1. The van der Waals surface area contributed by atoms with E-state index < -0.39 is 0 Å². The van der Waals surface area contributed by atoms with Gasteiger partial charge in [-0.25, -0.2) is 0 Å². The van der Waals surface area contributed by atoms with E-state index in [0.717, 1.165) is 12.3 Å². The van der Waals surface area contributed by atoms with Gasteiger partial charge in [0, 0.05) is 12.1 Å². The lowest BCUT2D eigenvalue weighted by atomic mass is 9.98. The van der Waals surface area contributed by atoms with Crippen molar-refractivity contribution in [1.29, 1.82) is 0 Å². The highest BCUT2D eigenvalue weighted by molar-refractivity contribution is 5.49. The fraction of sp³-hybridized carbons (Fsp3) is 0.500. The van der Waals surface area contributed by atoms with Gasteiger partial charge in [0.1, 0.15) is 12.5 Å². The first-order valence-corrected chi connectivity index (χ1v) is 5.00. The second-order valence-corrected chi connectivity index (χ2v) is 4.22. The van der Waals surface area contributed by atoms with Crippen LogP contribution in [0.1, 0.15) is 22.3 Å². The van der Waals surface area contributed by atoms with Crippen LogP contribution in [0.2, 0.25) is 0 Å². The standard InChI is InChI=1S/C12H17NO/c1-8-5-11-6-13(4)7-14-12(11)10(3)9(8)2/h5H,6-7H2,1-4H3. The summed E-state index contributed by atoms with van der Waals surface area (Å²) in [5.41, 5.74) is 5.33. The van der Waals surface area contributed by atoms with Crippen molar-refractivity contribution in [2.24, 2.45) is 0 Å². The molecule has 0 unspecified atom stereocenters. The van der Waals surface area contributed by atoms with E-state index in [0.29, 0.717) is 6.73 Å². The van der Waals surface area contributed by atoms with Crippen molar-refractivity contribution in [2.45, 2.75) is 27.3 Å². The monoisotopic (exact) mass is 191 g/mol. The van der Waals surface area contributed by atoms with E-state index in [1.54, 1.807) is 0 Å². The van der Waals surface area contributed by atoms with Crippen LogP contribution in [0.4, 0.5) is 0 Å². The van der Waals surface area contributed by atoms with Gasteiger partial charge in [0.2, 0.25) is 0 Å². The molecule has 0 aliphatic carbocycles. The minimum absolute atomic E-state index is 0.705. The molecule has 0 aromatic heterocycles. The highest BCUT2D eigenvalue weighted by Crippen LogP contribution is 2.32. The molecule has 1 aliphatic heterocycles. The van der Waals surface area contributed by atoms with Crippen LogP contribution in [-0.2, 0) is 6.54 Å². The summed E-state index contributed by atoms with van der Waals surface area (Å²) in [6.45, 7) is 8.17. The molecule has 1 aromatic carbocycles. The molecule has 0 saturated carbocycles. The molecule has 0 saturated heterocycles. The van der Waals surface area contributed by atoms with Gasteiger partial charge in [0.25, 0.3) is 0 Å². The minimum Gasteiger partial charge on any atom is -0.478 e. The van der Waals surface area contributed by atoms with Crippen LogP contribution >= 0.6 is 0 Å². The van der Waals surface area contributed by atoms with E-state index in [1.165, 1.54) is 22.3 Å². The Bertz CT molecular complexity index is 371. The van der Waals surface area contributed by atoms with Gasteiger partial charge in [0.05, 0.1) is 0 Å². The Balaban J connectivity index is 2.54. The van der Waals surface area contributed by atoms with E-state index in [1.807, 2.05) is 0 Å². The van der Waals surface area contributed by atoms with Crippen LogP contribution in [0, 0.1) is 20.8 Å². The lowest BCUT2D eigenvalue weighted by Crippen LogP contribution is -2.28. The number of benzene rings is 1. The highest BCUT2D eigenvalue weighted by Gasteiger charge is 2.18. The molecule has 1 heterocycles. The Morgan fingerprint density at radius 1 is 1.21 bits per heavy atom. The number of hydrogen-bond donors (Lipinski definition) is 0. The summed E-state index contributed by atoms with van der Waals surface area (Å²) in [6, 6.07) is 2.24. The number of hydrogen-bond acceptors (Lipinski definition) is 2. The largest absolute Gasteiger partial charge is 0.478 e. The van der Waals surface area contributed by atoms with Gasteiger partial charge in [-0.05, 0) is 44.5 Å². The zero-order valence-corrected chi connectivity index (χ0v) is 9.35. The maximum atomic E-state index is 5.73. The average molecular weight is 191 g/mol. The smallest absolute Gasteiger partial charge is 0.142 e. The molecule has 2 heteroatoms. The first-order valence-electron chi connectivity index (χ1n) is 5.00. The summed E-state index contributed by atoms with van der Waals surface area (Å²) in [4.78, 5) is 2.18. The maximum Gasteiger partial charge on any atom is 0.142 e. The summed E-state index contributed by atoms with van der Waals surface area (Å²) in [7, 11) is 2.08. The third-order valence-corrected chi connectivity index (χ3v) is 3.05. The number of nitrogens with zero attached hydrogens (tertiary/aromatic N) is 1. The SMILES string of the molecule is Cc1cc2c(c(C)c1C)OCN(C)C2. The summed E-state index contributed by atoms with van der Waals surface area (Å²) in [5, 5.41) is 0. The molecule has 0 radical (unpaired) electrons. The van der Waals surface area contributed by atoms with E-state index in [9.17, 15) is 0 Å². The number of ether oxygens (including phenoxy) is 1. The van der Waals surface area contributed by atoms with Crippen molar-refractivity contribution in [3.8, 4) is 5.75 Å². The Labute approximate surface area is 85.5 Å². The van der Waals surface area contributed by atoms with E-state index in [4.69, 9.17) is 4.74 Å². The van der Waals surface area contributed by atoms with E-state index in [2.05, 4.69) is 38.8 Å². The van der Waals surface area contributed by atoms with Crippen molar-refractivity contribution >= 4 is 0 Å². The topological polar surface area (TPSA) is 12.5 Å². The van der Waals surface area contributed by atoms with Crippen LogP contribution in [0.3, 0.4) is 0 Å². The Hall–Kier alpha value is -1.02. The first-order chi connectivity index (χ1) is 6.59. The van der Waals surface area contributed by atoms with Crippen molar-refractivity contribution in [3.63, 3.8) is 0 Å². The molecule has 0 bridgehead atoms. The van der Waals surface area contributed by atoms with Gasteiger partial charge in [-0.3, -0.25) is 4.90 Å². The van der Waals surface area contributed by atoms with Crippen molar-refractivity contribution in [1.82, 2.24) is 4.90 Å². The summed E-state index contributed by atoms with van der Waals surface area (Å²) in [6.07, 6.45) is 0. The molecule has 14 heavy (non-hydrogen) atoms. The normalized spacial score (nSPS) is 16.3. The lowest BCUT2D eigenvalue weighted by Gasteiger charge is -2.28.